The Bertz CT molecular complexity index is 1020. The second-order valence-corrected chi connectivity index (χ2v) is 9.61. The smallest absolute Gasteiger partial charge is 0.191 e. The molecule has 0 bridgehead atoms. The van der Waals surface area contributed by atoms with Gasteiger partial charge in [0.25, 0.3) is 0 Å². The zero-order chi connectivity index (χ0) is 22.6. The molecule has 0 spiro atoms. The van der Waals surface area contributed by atoms with E-state index < -0.39 is 0 Å². The second-order valence-electron chi connectivity index (χ2n) is 8.26. The summed E-state index contributed by atoms with van der Waals surface area (Å²) in [6.45, 7) is 12.8. The maximum absolute atomic E-state index is 14.1. The summed E-state index contributed by atoms with van der Waals surface area (Å²) in [4.78, 5) is 0. The molecular formula is C24H27ClFN3OS. The molecule has 1 aromatic heterocycles. The first-order valence-electron chi connectivity index (χ1n) is 10.1. The minimum atomic E-state index is -0.328. The van der Waals surface area contributed by atoms with E-state index in [1.165, 1.54) is 23.4 Å². The van der Waals surface area contributed by atoms with Gasteiger partial charge in [0, 0.05) is 22.9 Å². The fraction of sp³-hybridized carbons (Fsp3) is 0.333. The van der Waals surface area contributed by atoms with Crippen molar-refractivity contribution in [3.05, 3.63) is 82.9 Å². The Kier molecular flexibility index (Phi) is 7.44. The molecule has 0 amide bonds. The normalized spacial score (nSPS) is 12.6. The standard InChI is InChI=1S/C24H27ClFN3OS/c1-6-14-29-22(16(2)30-18-12-10-17(11-13-18)24(3,4)5)27-28-23(29)31-15-19-20(25)8-7-9-21(19)26/h6-13,16H,1,14-15H2,2-5H3. The van der Waals surface area contributed by atoms with Crippen LogP contribution in [0.2, 0.25) is 5.02 Å². The van der Waals surface area contributed by atoms with Crippen molar-refractivity contribution in [3.8, 4) is 5.75 Å². The molecule has 0 fully saturated rings. The molecule has 0 saturated carbocycles. The number of nitrogens with zero attached hydrogens (tertiary/aromatic N) is 3. The van der Waals surface area contributed by atoms with Crippen molar-refractivity contribution in [3.63, 3.8) is 0 Å². The number of benzene rings is 2. The summed E-state index contributed by atoms with van der Waals surface area (Å²) in [5.41, 5.74) is 1.78. The van der Waals surface area contributed by atoms with Crippen LogP contribution in [0.3, 0.4) is 0 Å². The molecule has 0 aliphatic heterocycles. The summed E-state index contributed by atoms with van der Waals surface area (Å²) in [6, 6.07) is 12.8. The lowest BCUT2D eigenvalue weighted by Gasteiger charge is -2.20. The molecule has 1 heterocycles. The van der Waals surface area contributed by atoms with Crippen LogP contribution in [-0.2, 0) is 17.7 Å². The van der Waals surface area contributed by atoms with Crippen LogP contribution >= 0.6 is 23.4 Å². The lowest BCUT2D eigenvalue weighted by Crippen LogP contribution is -2.13. The number of aromatic nitrogens is 3. The average Bonchev–Trinajstić information content (AvgIpc) is 3.10. The van der Waals surface area contributed by atoms with Gasteiger partial charge in [0.1, 0.15) is 11.6 Å². The fourth-order valence-electron chi connectivity index (χ4n) is 3.11. The third kappa shape index (κ3) is 5.69. The minimum Gasteiger partial charge on any atom is -0.483 e. The highest BCUT2D eigenvalue weighted by Crippen LogP contribution is 2.30. The van der Waals surface area contributed by atoms with Gasteiger partial charge < -0.3 is 4.74 Å². The number of halogens is 2. The summed E-state index contributed by atoms with van der Waals surface area (Å²) in [5.74, 6) is 1.47. The van der Waals surface area contributed by atoms with Crippen LogP contribution in [0, 0.1) is 5.82 Å². The van der Waals surface area contributed by atoms with E-state index in [2.05, 4.69) is 49.7 Å². The Morgan fingerprint density at radius 2 is 1.90 bits per heavy atom. The summed E-state index contributed by atoms with van der Waals surface area (Å²) < 4.78 is 22.2. The quantitative estimate of drug-likeness (QED) is 0.269. The second kappa shape index (κ2) is 9.88. The van der Waals surface area contributed by atoms with Gasteiger partial charge in [-0.05, 0) is 42.2 Å². The van der Waals surface area contributed by atoms with E-state index in [0.717, 1.165) is 5.75 Å². The van der Waals surface area contributed by atoms with Crippen LogP contribution in [0.1, 0.15) is 50.8 Å². The highest BCUT2D eigenvalue weighted by atomic mass is 35.5. The number of hydrogen-bond acceptors (Lipinski definition) is 4. The molecule has 164 valence electrons. The molecule has 0 saturated heterocycles. The third-order valence-electron chi connectivity index (χ3n) is 4.86. The van der Waals surface area contributed by atoms with Crippen LogP contribution in [-0.4, -0.2) is 14.8 Å². The van der Waals surface area contributed by atoms with Gasteiger partial charge in [-0.15, -0.1) is 16.8 Å². The molecule has 0 N–H and O–H groups in total. The van der Waals surface area contributed by atoms with Crippen molar-refractivity contribution >= 4 is 23.4 Å². The molecule has 1 atom stereocenters. The van der Waals surface area contributed by atoms with Gasteiger partial charge in [-0.2, -0.15) is 0 Å². The van der Waals surface area contributed by atoms with Crippen LogP contribution in [0.15, 0.2) is 60.3 Å². The van der Waals surface area contributed by atoms with E-state index in [4.69, 9.17) is 16.3 Å². The third-order valence-corrected chi connectivity index (χ3v) is 6.21. The van der Waals surface area contributed by atoms with Gasteiger partial charge >= 0.3 is 0 Å². The Morgan fingerprint density at radius 3 is 2.52 bits per heavy atom. The van der Waals surface area contributed by atoms with Crippen molar-refractivity contribution in [1.29, 1.82) is 0 Å². The summed E-state index contributed by atoms with van der Waals surface area (Å²) in [5, 5.41) is 9.70. The summed E-state index contributed by atoms with van der Waals surface area (Å²) in [7, 11) is 0. The molecule has 31 heavy (non-hydrogen) atoms. The van der Waals surface area contributed by atoms with Crippen LogP contribution in [0.4, 0.5) is 4.39 Å². The number of ether oxygens (including phenoxy) is 1. The van der Waals surface area contributed by atoms with Crippen molar-refractivity contribution in [2.24, 2.45) is 0 Å². The number of thioether (sulfide) groups is 1. The van der Waals surface area contributed by atoms with Crippen LogP contribution in [0.25, 0.3) is 0 Å². The number of allylic oxidation sites excluding steroid dienone is 1. The molecule has 0 aliphatic carbocycles. The van der Waals surface area contributed by atoms with Crippen molar-refractivity contribution < 1.29 is 9.13 Å². The molecule has 3 aromatic rings. The zero-order valence-corrected chi connectivity index (χ0v) is 19.8. The minimum absolute atomic E-state index is 0.0849. The predicted octanol–water partition coefficient (Wildman–Crippen LogP) is 6.99. The van der Waals surface area contributed by atoms with Crippen LogP contribution in [0.5, 0.6) is 5.75 Å². The Hall–Kier alpha value is -2.31. The molecule has 2 aromatic carbocycles. The van der Waals surface area contributed by atoms with Gasteiger partial charge in [0.05, 0.1) is 0 Å². The highest BCUT2D eigenvalue weighted by molar-refractivity contribution is 7.98. The average molecular weight is 460 g/mol. The van der Waals surface area contributed by atoms with Crippen molar-refractivity contribution in [1.82, 2.24) is 14.8 Å². The first-order chi connectivity index (χ1) is 14.7. The topological polar surface area (TPSA) is 39.9 Å². The first-order valence-corrected chi connectivity index (χ1v) is 11.4. The fourth-order valence-corrected chi connectivity index (χ4v) is 4.40. The van der Waals surface area contributed by atoms with Crippen molar-refractivity contribution in [2.45, 2.75) is 56.7 Å². The maximum Gasteiger partial charge on any atom is 0.191 e. The Labute approximate surface area is 192 Å². The molecule has 1 unspecified atom stereocenters. The maximum atomic E-state index is 14.1. The highest BCUT2D eigenvalue weighted by Gasteiger charge is 2.20. The van der Waals surface area contributed by atoms with Gasteiger partial charge in [0.15, 0.2) is 17.1 Å². The SMILES string of the molecule is C=CCn1c(SCc2c(F)cccc2Cl)nnc1C(C)Oc1ccc(C(C)(C)C)cc1. The number of rotatable bonds is 8. The lowest BCUT2D eigenvalue weighted by atomic mass is 9.87. The van der Waals surface area contributed by atoms with Crippen LogP contribution < -0.4 is 4.74 Å². The number of hydrogen-bond donors (Lipinski definition) is 0. The molecule has 0 aliphatic rings. The molecular weight excluding hydrogens is 433 g/mol. The molecule has 7 heteroatoms. The monoisotopic (exact) mass is 459 g/mol. The predicted molar refractivity (Wildman–Crippen MR) is 125 cm³/mol. The van der Waals surface area contributed by atoms with E-state index in [0.29, 0.717) is 33.9 Å². The first kappa shape index (κ1) is 23.4. The summed E-state index contributed by atoms with van der Waals surface area (Å²) >= 11 is 7.53. The zero-order valence-electron chi connectivity index (χ0n) is 18.2. The molecule has 4 nitrogen and oxygen atoms in total. The molecule has 0 radical (unpaired) electrons. The lowest BCUT2D eigenvalue weighted by molar-refractivity contribution is 0.210. The van der Waals surface area contributed by atoms with Gasteiger partial charge in [-0.25, -0.2) is 4.39 Å². The summed E-state index contributed by atoms with van der Waals surface area (Å²) in [6.07, 6.45) is 1.46. The van der Waals surface area contributed by atoms with E-state index in [1.807, 2.05) is 23.6 Å². The Balaban J connectivity index is 1.77. The largest absolute Gasteiger partial charge is 0.483 e. The van der Waals surface area contributed by atoms with E-state index in [9.17, 15) is 4.39 Å². The van der Waals surface area contributed by atoms with Gasteiger partial charge in [-0.3, -0.25) is 4.57 Å². The Morgan fingerprint density at radius 1 is 1.19 bits per heavy atom. The molecule has 3 rings (SSSR count). The van der Waals surface area contributed by atoms with Gasteiger partial charge in [0.2, 0.25) is 0 Å². The van der Waals surface area contributed by atoms with E-state index >= 15 is 0 Å². The van der Waals surface area contributed by atoms with E-state index in [-0.39, 0.29) is 17.3 Å². The van der Waals surface area contributed by atoms with E-state index in [1.54, 1.807) is 18.2 Å². The van der Waals surface area contributed by atoms with Crippen molar-refractivity contribution in [2.75, 3.05) is 0 Å². The van der Waals surface area contributed by atoms with Gasteiger partial charge in [-0.1, -0.05) is 68.4 Å².